The van der Waals surface area contributed by atoms with Crippen molar-refractivity contribution in [3.05, 3.63) is 55.1 Å². The molecule has 0 saturated heterocycles. The summed E-state index contributed by atoms with van der Waals surface area (Å²) in [6, 6.07) is 14.7. The van der Waals surface area contributed by atoms with E-state index in [1.807, 2.05) is 12.1 Å². The van der Waals surface area contributed by atoms with Gasteiger partial charge in [0.15, 0.2) is 0 Å². The second-order valence-electron chi connectivity index (χ2n) is 3.83. The molecule has 0 N–H and O–H groups in total. The molecule has 0 spiro atoms. The van der Waals surface area contributed by atoms with Crippen molar-refractivity contribution in [2.45, 2.75) is 0 Å². The van der Waals surface area contributed by atoms with Crippen molar-refractivity contribution in [2.24, 2.45) is 0 Å². The van der Waals surface area contributed by atoms with Crippen LogP contribution in [0.1, 0.15) is 0 Å². The third-order valence-electron chi connectivity index (χ3n) is 2.72. The van der Waals surface area contributed by atoms with Gasteiger partial charge < -0.3 is 4.74 Å². The molecule has 17 heavy (non-hydrogen) atoms. The van der Waals surface area contributed by atoms with Crippen LogP contribution in [0.2, 0.25) is 0 Å². The summed E-state index contributed by atoms with van der Waals surface area (Å²) in [6.45, 7) is 4.23. The average Bonchev–Trinajstić information content (AvgIpc) is 2.75. The Morgan fingerprint density at radius 3 is 2.76 bits per heavy atom. The van der Waals surface area contributed by atoms with Crippen molar-refractivity contribution in [3.63, 3.8) is 0 Å². The van der Waals surface area contributed by atoms with E-state index >= 15 is 0 Å². The Morgan fingerprint density at radius 2 is 1.88 bits per heavy atom. The molecule has 0 radical (unpaired) electrons. The van der Waals surface area contributed by atoms with Gasteiger partial charge in [-0.3, -0.25) is 0 Å². The highest BCUT2D eigenvalue weighted by Crippen LogP contribution is 2.38. The van der Waals surface area contributed by atoms with Crippen LogP contribution in [-0.4, -0.2) is 6.61 Å². The van der Waals surface area contributed by atoms with Gasteiger partial charge >= 0.3 is 0 Å². The maximum absolute atomic E-state index is 5.69. The van der Waals surface area contributed by atoms with E-state index in [1.165, 1.54) is 20.2 Å². The van der Waals surface area contributed by atoms with Crippen LogP contribution in [0.25, 0.3) is 20.2 Å². The maximum Gasteiger partial charge on any atom is 0.137 e. The van der Waals surface area contributed by atoms with Gasteiger partial charge in [-0.25, -0.2) is 0 Å². The first-order chi connectivity index (χ1) is 8.40. The van der Waals surface area contributed by atoms with Gasteiger partial charge in [-0.05, 0) is 12.1 Å². The Bertz CT molecular complexity index is 682. The Balaban J connectivity index is 2.27. The largest absolute Gasteiger partial charge is 0.488 e. The Morgan fingerprint density at radius 1 is 1.06 bits per heavy atom. The first-order valence-corrected chi connectivity index (χ1v) is 6.36. The highest BCUT2D eigenvalue weighted by atomic mass is 32.1. The van der Waals surface area contributed by atoms with Crippen LogP contribution < -0.4 is 4.74 Å². The second-order valence-corrected chi connectivity index (χ2v) is 4.88. The molecule has 0 atom stereocenters. The third kappa shape index (κ3) is 1.71. The standard InChI is InChI=1S/C15H12OS/c1-2-10-16-13-8-5-7-12-11-6-3-4-9-14(11)17-15(12)13/h2-9H,1,10H2. The molecule has 0 saturated carbocycles. The number of fused-ring (bicyclic) bond motifs is 3. The summed E-state index contributed by atoms with van der Waals surface area (Å²) in [7, 11) is 0. The number of hydrogen-bond acceptors (Lipinski definition) is 2. The van der Waals surface area contributed by atoms with E-state index in [9.17, 15) is 0 Å². The van der Waals surface area contributed by atoms with E-state index in [0.717, 1.165) is 5.75 Å². The zero-order valence-corrected chi connectivity index (χ0v) is 10.2. The molecule has 0 aliphatic rings. The SMILES string of the molecule is C=CCOc1cccc2c1sc1ccccc12. The summed E-state index contributed by atoms with van der Waals surface area (Å²) < 4.78 is 8.21. The molecule has 2 aromatic carbocycles. The van der Waals surface area contributed by atoms with E-state index < -0.39 is 0 Å². The lowest BCUT2D eigenvalue weighted by Crippen LogP contribution is -1.91. The fourth-order valence-electron chi connectivity index (χ4n) is 1.98. The Labute approximate surface area is 104 Å². The van der Waals surface area contributed by atoms with Crippen molar-refractivity contribution >= 4 is 31.5 Å². The summed E-state index contributed by atoms with van der Waals surface area (Å²) in [5.74, 6) is 0.948. The summed E-state index contributed by atoms with van der Waals surface area (Å²) >= 11 is 1.78. The summed E-state index contributed by atoms with van der Waals surface area (Å²) in [5, 5.41) is 2.57. The fourth-order valence-corrected chi connectivity index (χ4v) is 3.15. The highest BCUT2D eigenvalue weighted by molar-refractivity contribution is 7.26. The lowest BCUT2D eigenvalue weighted by molar-refractivity contribution is 0.368. The molecule has 0 aliphatic carbocycles. The van der Waals surface area contributed by atoms with Crippen LogP contribution in [-0.2, 0) is 0 Å². The lowest BCUT2D eigenvalue weighted by atomic mass is 10.1. The smallest absolute Gasteiger partial charge is 0.137 e. The van der Waals surface area contributed by atoms with Crippen molar-refractivity contribution in [1.29, 1.82) is 0 Å². The summed E-state index contributed by atoms with van der Waals surface area (Å²) in [5.41, 5.74) is 0. The van der Waals surface area contributed by atoms with E-state index in [1.54, 1.807) is 17.4 Å². The molecular formula is C15H12OS. The monoisotopic (exact) mass is 240 g/mol. The number of thiophene rings is 1. The molecular weight excluding hydrogens is 228 g/mol. The van der Waals surface area contributed by atoms with Gasteiger partial charge in [0.2, 0.25) is 0 Å². The van der Waals surface area contributed by atoms with Gasteiger partial charge in [0, 0.05) is 15.5 Å². The van der Waals surface area contributed by atoms with Crippen molar-refractivity contribution in [1.82, 2.24) is 0 Å². The summed E-state index contributed by atoms with van der Waals surface area (Å²) in [6.07, 6.45) is 1.77. The normalized spacial score (nSPS) is 10.8. The Hall–Kier alpha value is -1.80. The van der Waals surface area contributed by atoms with Crippen molar-refractivity contribution in [3.8, 4) is 5.75 Å². The zero-order valence-electron chi connectivity index (χ0n) is 9.35. The van der Waals surface area contributed by atoms with Gasteiger partial charge in [0.05, 0.1) is 4.70 Å². The van der Waals surface area contributed by atoms with Crippen LogP contribution in [0.15, 0.2) is 55.1 Å². The van der Waals surface area contributed by atoms with Crippen LogP contribution in [0.5, 0.6) is 5.75 Å². The average molecular weight is 240 g/mol. The Kier molecular flexibility index (Phi) is 2.57. The highest BCUT2D eigenvalue weighted by Gasteiger charge is 2.08. The van der Waals surface area contributed by atoms with Gasteiger partial charge in [-0.15, -0.1) is 11.3 Å². The minimum atomic E-state index is 0.549. The number of ether oxygens (including phenoxy) is 1. The summed E-state index contributed by atoms with van der Waals surface area (Å²) in [4.78, 5) is 0. The molecule has 1 heterocycles. The van der Waals surface area contributed by atoms with Gasteiger partial charge in [0.1, 0.15) is 12.4 Å². The lowest BCUT2D eigenvalue weighted by Gasteiger charge is -2.03. The van der Waals surface area contributed by atoms with Crippen LogP contribution in [0.3, 0.4) is 0 Å². The van der Waals surface area contributed by atoms with E-state index in [2.05, 4.69) is 36.9 Å². The van der Waals surface area contributed by atoms with Crippen molar-refractivity contribution in [2.75, 3.05) is 6.61 Å². The third-order valence-corrected chi connectivity index (χ3v) is 3.93. The quantitative estimate of drug-likeness (QED) is 0.607. The van der Waals surface area contributed by atoms with Crippen LogP contribution in [0, 0.1) is 0 Å². The number of benzene rings is 2. The van der Waals surface area contributed by atoms with E-state index in [0.29, 0.717) is 6.61 Å². The first-order valence-electron chi connectivity index (χ1n) is 5.54. The van der Waals surface area contributed by atoms with Crippen LogP contribution in [0.4, 0.5) is 0 Å². The predicted molar refractivity (Wildman–Crippen MR) is 75.0 cm³/mol. The number of hydrogen-bond donors (Lipinski definition) is 0. The molecule has 2 heteroatoms. The topological polar surface area (TPSA) is 9.23 Å². The van der Waals surface area contributed by atoms with Crippen molar-refractivity contribution < 1.29 is 4.74 Å². The molecule has 0 fully saturated rings. The molecule has 0 amide bonds. The maximum atomic E-state index is 5.69. The minimum absolute atomic E-state index is 0.549. The first kappa shape index (κ1) is 10.4. The molecule has 1 aromatic heterocycles. The van der Waals surface area contributed by atoms with Gasteiger partial charge in [-0.1, -0.05) is 43.0 Å². The molecule has 3 aromatic rings. The number of rotatable bonds is 3. The minimum Gasteiger partial charge on any atom is -0.488 e. The van der Waals surface area contributed by atoms with Gasteiger partial charge in [0.25, 0.3) is 0 Å². The predicted octanol–water partition coefficient (Wildman–Crippen LogP) is 4.62. The molecule has 0 aliphatic heterocycles. The van der Waals surface area contributed by atoms with Crippen LogP contribution >= 0.6 is 11.3 Å². The van der Waals surface area contributed by atoms with Gasteiger partial charge in [-0.2, -0.15) is 0 Å². The molecule has 0 unspecified atom stereocenters. The fraction of sp³-hybridized carbons (Fsp3) is 0.0667. The second kappa shape index (κ2) is 4.22. The molecule has 1 nitrogen and oxygen atoms in total. The van der Waals surface area contributed by atoms with E-state index in [-0.39, 0.29) is 0 Å². The molecule has 84 valence electrons. The molecule has 3 rings (SSSR count). The molecule has 0 bridgehead atoms. The zero-order chi connectivity index (χ0) is 11.7. The van der Waals surface area contributed by atoms with E-state index in [4.69, 9.17) is 4.74 Å².